The molecule has 0 aliphatic carbocycles. The van der Waals surface area contributed by atoms with Crippen LogP contribution in [0.4, 0.5) is 11.5 Å². The average Bonchev–Trinajstić information content (AvgIpc) is 3.01. The number of rotatable bonds is 4. The summed E-state index contributed by atoms with van der Waals surface area (Å²) in [6.07, 6.45) is 5.27. The largest absolute Gasteiger partial charge is 0.508 e. The van der Waals surface area contributed by atoms with Crippen molar-refractivity contribution >= 4 is 17.2 Å². The molecule has 4 aromatic rings. The van der Waals surface area contributed by atoms with Gasteiger partial charge >= 0.3 is 0 Å². The van der Waals surface area contributed by atoms with E-state index in [0.29, 0.717) is 0 Å². The van der Waals surface area contributed by atoms with Crippen LogP contribution in [-0.2, 0) is 0 Å². The van der Waals surface area contributed by atoms with Crippen LogP contribution in [0.25, 0.3) is 16.9 Å². The van der Waals surface area contributed by atoms with Crippen LogP contribution in [-0.4, -0.2) is 26.6 Å². The summed E-state index contributed by atoms with van der Waals surface area (Å²) in [6.45, 7) is 0. The molecule has 4 rings (SSSR count). The third-order valence-corrected chi connectivity index (χ3v) is 3.93. The minimum atomic E-state index is 0.216. The second-order valence-electron chi connectivity index (χ2n) is 5.49. The highest BCUT2D eigenvalue weighted by Crippen LogP contribution is 2.34. The maximum atomic E-state index is 9.55. The van der Waals surface area contributed by atoms with Gasteiger partial charge in [-0.3, -0.25) is 9.38 Å². The van der Waals surface area contributed by atoms with Crippen molar-refractivity contribution in [2.24, 2.45) is 0 Å². The minimum Gasteiger partial charge on any atom is -0.508 e. The topological polar surface area (TPSA) is 71.7 Å². The molecule has 2 aromatic carbocycles. The molecule has 0 amide bonds. The number of hydrogen-bond donors (Lipinski definition) is 2. The SMILES string of the molecule is COc1ccccc1Nc1c(-c2ccc(O)cc2)nc2cnccn12. The molecule has 0 atom stereocenters. The standard InChI is InChI=1S/C19H16N4O2/c1-25-16-5-3-2-4-15(16)21-19-18(13-6-8-14(24)9-7-13)22-17-12-20-10-11-23(17)19/h2-12,21,24H,1H3. The lowest BCUT2D eigenvalue weighted by molar-refractivity contribution is 0.417. The number of benzene rings is 2. The number of nitrogens with one attached hydrogen (secondary N) is 1. The van der Waals surface area contributed by atoms with Gasteiger partial charge in [-0.05, 0) is 36.4 Å². The first-order valence-electron chi connectivity index (χ1n) is 7.78. The molecule has 2 heterocycles. The van der Waals surface area contributed by atoms with Crippen molar-refractivity contribution in [2.75, 3.05) is 12.4 Å². The molecule has 0 fully saturated rings. The second kappa shape index (κ2) is 6.16. The van der Waals surface area contributed by atoms with Gasteiger partial charge in [-0.15, -0.1) is 0 Å². The van der Waals surface area contributed by atoms with E-state index in [9.17, 15) is 5.11 Å². The van der Waals surface area contributed by atoms with E-state index in [1.54, 1.807) is 31.6 Å². The van der Waals surface area contributed by atoms with Crippen LogP contribution in [0, 0.1) is 0 Å². The molecule has 0 saturated heterocycles. The number of anilines is 2. The van der Waals surface area contributed by atoms with Crippen molar-refractivity contribution in [3.8, 4) is 22.8 Å². The highest BCUT2D eigenvalue weighted by Gasteiger charge is 2.15. The molecule has 2 N–H and O–H groups in total. The zero-order chi connectivity index (χ0) is 17.2. The van der Waals surface area contributed by atoms with Crippen LogP contribution in [0.5, 0.6) is 11.5 Å². The number of nitrogens with zero attached hydrogens (tertiary/aromatic N) is 3. The van der Waals surface area contributed by atoms with Gasteiger partial charge in [0.2, 0.25) is 0 Å². The van der Waals surface area contributed by atoms with Gasteiger partial charge < -0.3 is 15.2 Å². The Labute approximate surface area is 144 Å². The summed E-state index contributed by atoms with van der Waals surface area (Å²) in [5.74, 6) is 1.75. The Balaban J connectivity index is 1.89. The van der Waals surface area contributed by atoms with Crippen molar-refractivity contribution in [3.05, 3.63) is 67.1 Å². The van der Waals surface area contributed by atoms with Crippen LogP contribution >= 0.6 is 0 Å². The molecule has 25 heavy (non-hydrogen) atoms. The summed E-state index contributed by atoms with van der Waals surface area (Å²) in [5.41, 5.74) is 3.21. The fourth-order valence-corrected chi connectivity index (χ4v) is 2.72. The van der Waals surface area contributed by atoms with Crippen LogP contribution in [0.2, 0.25) is 0 Å². The summed E-state index contributed by atoms with van der Waals surface area (Å²) in [6, 6.07) is 14.7. The van der Waals surface area contributed by atoms with Crippen LogP contribution in [0.15, 0.2) is 67.1 Å². The lowest BCUT2D eigenvalue weighted by Gasteiger charge is -2.12. The predicted octanol–water partition coefficient (Wildman–Crippen LogP) is 3.85. The molecule has 124 valence electrons. The Morgan fingerprint density at radius 3 is 2.68 bits per heavy atom. The highest BCUT2D eigenvalue weighted by molar-refractivity contribution is 5.81. The molecule has 0 radical (unpaired) electrons. The molecule has 0 spiro atoms. The maximum absolute atomic E-state index is 9.55. The third-order valence-electron chi connectivity index (χ3n) is 3.93. The molecule has 0 aliphatic rings. The molecule has 0 bridgehead atoms. The van der Waals surface area contributed by atoms with Gasteiger partial charge in [-0.2, -0.15) is 0 Å². The van der Waals surface area contributed by atoms with Crippen LogP contribution in [0.1, 0.15) is 0 Å². The lowest BCUT2D eigenvalue weighted by atomic mass is 10.1. The van der Waals surface area contributed by atoms with Crippen molar-refractivity contribution in [3.63, 3.8) is 0 Å². The van der Waals surface area contributed by atoms with Gasteiger partial charge in [-0.25, -0.2) is 4.98 Å². The first kappa shape index (κ1) is 15.0. The Bertz CT molecular complexity index is 1030. The van der Waals surface area contributed by atoms with E-state index in [-0.39, 0.29) is 5.75 Å². The molecule has 0 aliphatic heterocycles. The van der Waals surface area contributed by atoms with Crippen molar-refractivity contribution in [1.29, 1.82) is 0 Å². The second-order valence-corrected chi connectivity index (χ2v) is 5.49. The van der Waals surface area contributed by atoms with Crippen LogP contribution < -0.4 is 10.1 Å². The number of aromatic hydroxyl groups is 1. The van der Waals surface area contributed by atoms with Gasteiger partial charge in [-0.1, -0.05) is 12.1 Å². The number of para-hydroxylation sites is 2. The van der Waals surface area contributed by atoms with E-state index < -0.39 is 0 Å². The van der Waals surface area contributed by atoms with Gasteiger partial charge in [0.15, 0.2) is 5.65 Å². The molecular formula is C19H16N4O2. The summed E-state index contributed by atoms with van der Waals surface area (Å²) in [5, 5.41) is 13.0. The number of fused-ring (bicyclic) bond motifs is 1. The molecule has 0 unspecified atom stereocenters. The molecule has 2 aromatic heterocycles. The number of phenolic OH excluding ortho intramolecular Hbond substituents is 1. The number of ether oxygens (including phenoxy) is 1. The number of phenols is 1. The van der Waals surface area contributed by atoms with Gasteiger partial charge in [0.25, 0.3) is 0 Å². The predicted molar refractivity (Wildman–Crippen MR) is 96.4 cm³/mol. The molecule has 6 heteroatoms. The molecule has 0 saturated carbocycles. The van der Waals surface area contributed by atoms with E-state index in [2.05, 4.69) is 15.3 Å². The number of imidazole rings is 1. The van der Waals surface area contributed by atoms with E-state index in [1.807, 2.05) is 47.0 Å². The minimum absolute atomic E-state index is 0.216. The number of aromatic nitrogens is 3. The Morgan fingerprint density at radius 1 is 1.08 bits per heavy atom. The first-order chi connectivity index (χ1) is 12.3. The maximum Gasteiger partial charge on any atom is 0.157 e. The fourth-order valence-electron chi connectivity index (χ4n) is 2.72. The van der Waals surface area contributed by atoms with Crippen molar-refractivity contribution < 1.29 is 9.84 Å². The Hall–Kier alpha value is -3.54. The summed E-state index contributed by atoms with van der Waals surface area (Å²) in [4.78, 5) is 8.82. The van der Waals surface area contributed by atoms with Gasteiger partial charge in [0.1, 0.15) is 23.0 Å². The molecular weight excluding hydrogens is 316 g/mol. The number of hydrogen-bond acceptors (Lipinski definition) is 5. The monoisotopic (exact) mass is 332 g/mol. The number of methoxy groups -OCH3 is 1. The summed E-state index contributed by atoms with van der Waals surface area (Å²) in [7, 11) is 1.64. The lowest BCUT2D eigenvalue weighted by Crippen LogP contribution is -1.99. The average molecular weight is 332 g/mol. The highest BCUT2D eigenvalue weighted by atomic mass is 16.5. The van der Waals surface area contributed by atoms with E-state index in [1.165, 1.54) is 0 Å². The first-order valence-corrected chi connectivity index (χ1v) is 7.78. The fraction of sp³-hybridized carbons (Fsp3) is 0.0526. The zero-order valence-corrected chi connectivity index (χ0v) is 13.5. The van der Waals surface area contributed by atoms with Crippen molar-refractivity contribution in [2.45, 2.75) is 0 Å². The Morgan fingerprint density at radius 2 is 1.88 bits per heavy atom. The summed E-state index contributed by atoms with van der Waals surface area (Å²) >= 11 is 0. The Kier molecular flexibility index (Phi) is 3.70. The van der Waals surface area contributed by atoms with Gasteiger partial charge in [0, 0.05) is 18.0 Å². The van der Waals surface area contributed by atoms with Crippen LogP contribution in [0.3, 0.4) is 0 Å². The molecule has 6 nitrogen and oxygen atoms in total. The third kappa shape index (κ3) is 2.74. The van der Waals surface area contributed by atoms with E-state index in [4.69, 9.17) is 4.74 Å². The van der Waals surface area contributed by atoms with Gasteiger partial charge in [0.05, 0.1) is 19.0 Å². The summed E-state index contributed by atoms with van der Waals surface area (Å²) < 4.78 is 7.36. The van der Waals surface area contributed by atoms with Crippen molar-refractivity contribution in [1.82, 2.24) is 14.4 Å². The normalized spacial score (nSPS) is 10.8. The zero-order valence-electron chi connectivity index (χ0n) is 13.5. The van der Waals surface area contributed by atoms with E-state index >= 15 is 0 Å². The quantitative estimate of drug-likeness (QED) is 0.594. The van der Waals surface area contributed by atoms with E-state index in [0.717, 1.165) is 34.2 Å². The smallest absolute Gasteiger partial charge is 0.157 e.